The molecule has 0 aliphatic carbocycles. The molecule has 4 nitrogen and oxygen atoms in total. The maximum Gasteiger partial charge on any atom is 0.179 e. The van der Waals surface area contributed by atoms with Crippen LogP contribution in [0, 0.1) is 6.92 Å². The molecule has 1 unspecified atom stereocenters. The average molecular weight is 375 g/mol. The fraction of sp³-hybridized carbons (Fsp3) is 0.273. The number of para-hydroxylation sites is 2. The fourth-order valence-corrected chi connectivity index (χ4v) is 5.36. The number of carbonyl (C=O) groups excluding carboxylic acids is 1. The van der Waals surface area contributed by atoms with E-state index in [9.17, 15) is 4.79 Å². The lowest BCUT2D eigenvalue weighted by Gasteiger charge is -2.21. The lowest BCUT2D eigenvalue weighted by atomic mass is 10.1. The summed E-state index contributed by atoms with van der Waals surface area (Å²) in [6, 6.07) is 16.6. The molecule has 0 saturated carbocycles. The minimum absolute atomic E-state index is 0.193. The van der Waals surface area contributed by atoms with E-state index >= 15 is 0 Å². The normalized spacial score (nSPS) is 17.9. The number of hydrogen-bond donors (Lipinski definition) is 1. The van der Waals surface area contributed by atoms with Crippen molar-refractivity contribution < 1.29 is 4.79 Å². The summed E-state index contributed by atoms with van der Waals surface area (Å²) < 4.78 is 1.22. The third-order valence-corrected chi connectivity index (χ3v) is 6.62. The van der Waals surface area contributed by atoms with E-state index < -0.39 is 0 Å². The van der Waals surface area contributed by atoms with Gasteiger partial charge in [0.2, 0.25) is 0 Å². The standard InChI is InChI=1S/C22H21N3OS/c1-14-21(15-7-2-3-8-16(15)23-14)19(26)13-25-12-6-10-18(25)22-24-17-9-4-5-11-20(17)27-22/h2-5,7-9,11,18,23H,6,10,12-13H2,1H3. The molecule has 4 aromatic rings. The zero-order chi connectivity index (χ0) is 18.4. The van der Waals surface area contributed by atoms with Gasteiger partial charge in [0.15, 0.2) is 5.78 Å². The highest BCUT2D eigenvalue weighted by molar-refractivity contribution is 7.18. The number of aromatic amines is 1. The zero-order valence-electron chi connectivity index (χ0n) is 15.2. The molecule has 0 amide bonds. The smallest absolute Gasteiger partial charge is 0.179 e. The van der Waals surface area contributed by atoms with Crippen molar-refractivity contribution in [2.24, 2.45) is 0 Å². The fourth-order valence-electron chi connectivity index (χ4n) is 4.23. The van der Waals surface area contributed by atoms with Crippen LogP contribution in [0.1, 0.15) is 39.9 Å². The van der Waals surface area contributed by atoms with Gasteiger partial charge >= 0.3 is 0 Å². The molecule has 1 N–H and O–H groups in total. The second-order valence-electron chi connectivity index (χ2n) is 7.24. The predicted octanol–water partition coefficient (Wildman–Crippen LogP) is 5.11. The van der Waals surface area contributed by atoms with Gasteiger partial charge in [-0.15, -0.1) is 11.3 Å². The van der Waals surface area contributed by atoms with Crippen LogP contribution < -0.4 is 0 Å². The molecule has 5 rings (SSSR count). The van der Waals surface area contributed by atoms with Crippen molar-refractivity contribution in [3.05, 3.63) is 64.8 Å². The minimum Gasteiger partial charge on any atom is -0.358 e. The maximum absolute atomic E-state index is 13.2. The summed E-state index contributed by atoms with van der Waals surface area (Å²) >= 11 is 1.76. The van der Waals surface area contributed by atoms with Gasteiger partial charge in [-0.1, -0.05) is 30.3 Å². The first-order chi connectivity index (χ1) is 13.2. The number of H-pyrrole nitrogens is 1. The van der Waals surface area contributed by atoms with Crippen molar-refractivity contribution in [3.63, 3.8) is 0 Å². The second-order valence-corrected chi connectivity index (χ2v) is 8.30. The van der Waals surface area contributed by atoms with Gasteiger partial charge < -0.3 is 4.98 Å². The third kappa shape index (κ3) is 2.87. The van der Waals surface area contributed by atoms with E-state index in [1.807, 2.05) is 37.3 Å². The number of nitrogens with one attached hydrogen (secondary N) is 1. The SMILES string of the molecule is Cc1[nH]c2ccccc2c1C(=O)CN1CCCC1c1nc2ccccc2s1. The minimum atomic E-state index is 0.193. The Morgan fingerprint density at radius 2 is 2.04 bits per heavy atom. The van der Waals surface area contributed by atoms with Gasteiger partial charge in [0.1, 0.15) is 5.01 Å². The van der Waals surface area contributed by atoms with Crippen LogP contribution in [-0.2, 0) is 0 Å². The van der Waals surface area contributed by atoms with Crippen molar-refractivity contribution in [1.82, 2.24) is 14.9 Å². The number of benzene rings is 2. The summed E-state index contributed by atoms with van der Waals surface area (Å²) in [6.07, 6.45) is 2.18. The molecule has 136 valence electrons. The summed E-state index contributed by atoms with van der Waals surface area (Å²) in [5.41, 5.74) is 3.88. The predicted molar refractivity (Wildman–Crippen MR) is 111 cm³/mol. The quantitative estimate of drug-likeness (QED) is 0.505. The number of carbonyl (C=O) groups is 1. The number of likely N-dealkylation sites (tertiary alicyclic amines) is 1. The lowest BCUT2D eigenvalue weighted by molar-refractivity contribution is 0.0922. The van der Waals surface area contributed by atoms with Gasteiger partial charge in [0.25, 0.3) is 0 Å². The van der Waals surface area contributed by atoms with E-state index in [0.29, 0.717) is 6.54 Å². The molecule has 2 aromatic heterocycles. The van der Waals surface area contributed by atoms with E-state index in [1.165, 1.54) is 4.70 Å². The van der Waals surface area contributed by atoms with Crippen LogP contribution in [0.5, 0.6) is 0 Å². The Hall–Kier alpha value is -2.50. The van der Waals surface area contributed by atoms with Crippen molar-refractivity contribution in [2.75, 3.05) is 13.1 Å². The molecule has 0 radical (unpaired) electrons. The Bertz CT molecular complexity index is 1110. The van der Waals surface area contributed by atoms with Crippen LogP contribution in [0.2, 0.25) is 0 Å². The summed E-state index contributed by atoms with van der Waals surface area (Å²) in [5, 5.41) is 2.16. The molecule has 0 bridgehead atoms. The first kappa shape index (κ1) is 16.7. The summed E-state index contributed by atoms with van der Waals surface area (Å²) in [7, 11) is 0. The Labute approximate surface area is 161 Å². The third-order valence-electron chi connectivity index (χ3n) is 5.48. The number of nitrogens with zero attached hydrogens (tertiary/aromatic N) is 2. The molecule has 2 aromatic carbocycles. The molecule has 1 atom stereocenters. The van der Waals surface area contributed by atoms with Crippen LogP contribution in [0.15, 0.2) is 48.5 Å². The van der Waals surface area contributed by atoms with E-state index in [1.54, 1.807) is 11.3 Å². The van der Waals surface area contributed by atoms with Crippen molar-refractivity contribution >= 4 is 38.2 Å². The Morgan fingerprint density at radius 3 is 2.93 bits per heavy atom. The van der Waals surface area contributed by atoms with E-state index in [2.05, 4.69) is 28.1 Å². The van der Waals surface area contributed by atoms with E-state index in [4.69, 9.17) is 4.98 Å². The number of hydrogen-bond acceptors (Lipinski definition) is 4. The van der Waals surface area contributed by atoms with Crippen molar-refractivity contribution in [1.29, 1.82) is 0 Å². The highest BCUT2D eigenvalue weighted by atomic mass is 32.1. The molecule has 3 heterocycles. The van der Waals surface area contributed by atoms with Gasteiger partial charge in [-0.2, -0.15) is 0 Å². The van der Waals surface area contributed by atoms with Crippen LogP contribution in [0.25, 0.3) is 21.1 Å². The van der Waals surface area contributed by atoms with Crippen LogP contribution in [0.4, 0.5) is 0 Å². The maximum atomic E-state index is 13.2. The monoisotopic (exact) mass is 375 g/mol. The lowest BCUT2D eigenvalue weighted by Crippen LogP contribution is -2.29. The molecule has 0 spiro atoms. The summed E-state index contributed by atoms with van der Waals surface area (Å²) in [5.74, 6) is 0.193. The highest BCUT2D eigenvalue weighted by Gasteiger charge is 2.31. The number of aryl methyl sites for hydroxylation is 1. The van der Waals surface area contributed by atoms with Crippen LogP contribution in [0.3, 0.4) is 0 Å². The number of thiazole rings is 1. The number of Topliss-reactive ketones (excluding diaryl/α,β-unsaturated/α-hetero) is 1. The molecular formula is C22H21N3OS. The molecule has 1 aliphatic rings. The summed E-state index contributed by atoms with van der Waals surface area (Å²) in [6.45, 7) is 3.39. The zero-order valence-corrected chi connectivity index (χ0v) is 16.1. The number of ketones is 1. The van der Waals surface area contributed by atoms with Crippen LogP contribution in [-0.4, -0.2) is 33.7 Å². The molecule has 1 saturated heterocycles. The Balaban J connectivity index is 1.43. The molecule has 1 fully saturated rings. The van der Waals surface area contributed by atoms with Gasteiger partial charge in [-0.25, -0.2) is 4.98 Å². The van der Waals surface area contributed by atoms with Gasteiger partial charge in [-0.05, 0) is 44.5 Å². The topological polar surface area (TPSA) is 49.0 Å². The van der Waals surface area contributed by atoms with Gasteiger partial charge in [0, 0.05) is 22.2 Å². The van der Waals surface area contributed by atoms with Crippen molar-refractivity contribution in [3.8, 4) is 0 Å². The molecule has 1 aliphatic heterocycles. The number of rotatable bonds is 4. The number of fused-ring (bicyclic) bond motifs is 2. The Morgan fingerprint density at radius 1 is 1.22 bits per heavy atom. The second kappa shape index (κ2) is 6.59. The molecular weight excluding hydrogens is 354 g/mol. The highest BCUT2D eigenvalue weighted by Crippen LogP contribution is 2.36. The molecule has 27 heavy (non-hydrogen) atoms. The van der Waals surface area contributed by atoms with Gasteiger partial charge in [-0.3, -0.25) is 9.69 Å². The first-order valence-corrected chi connectivity index (χ1v) is 10.2. The Kier molecular flexibility index (Phi) is 4.06. The van der Waals surface area contributed by atoms with Crippen LogP contribution >= 0.6 is 11.3 Å². The molecule has 5 heteroatoms. The van der Waals surface area contributed by atoms with Gasteiger partial charge in [0.05, 0.1) is 22.8 Å². The first-order valence-electron chi connectivity index (χ1n) is 9.41. The van der Waals surface area contributed by atoms with Crippen molar-refractivity contribution in [2.45, 2.75) is 25.8 Å². The van der Waals surface area contributed by atoms with E-state index in [-0.39, 0.29) is 11.8 Å². The average Bonchev–Trinajstić information content (AvgIpc) is 3.36. The largest absolute Gasteiger partial charge is 0.358 e. The summed E-state index contributed by atoms with van der Waals surface area (Å²) in [4.78, 5) is 23.7. The number of aromatic nitrogens is 2. The van der Waals surface area contributed by atoms with E-state index in [0.717, 1.165) is 52.1 Å².